The van der Waals surface area contributed by atoms with E-state index in [-0.39, 0.29) is 31.1 Å². The van der Waals surface area contributed by atoms with Crippen LogP contribution in [-0.4, -0.2) is 37.2 Å². The number of carbonyl (C=O) groups excluding carboxylic acids is 3. The molecule has 6 heteroatoms. The summed E-state index contributed by atoms with van der Waals surface area (Å²) in [4.78, 5) is 38.2. The van der Waals surface area contributed by atoms with Gasteiger partial charge in [-0.3, -0.25) is 14.4 Å². The van der Waals surface area contributed by atoms with Crippen molar-refractivity contribution in [3.63, 3.8) is 0 Å². The maximum Gasteiger partial charge on any atom is 0.306 e. The number of unbranched alkanes of at least 4 members (excludes halogenated alkanes) is 24. The lowest BCUT2D eigenvalue weighted by Gasteiger charge is -2.18. The molecular weight excluding hydrogens is 925 g/mol. The molecule has 0 rings (SSSR count). The van der Waals surface area contributed by atoms with E-state index < -0.39 is 6.10 Å². The topological polar surface area (TPSA) is 78.9 Å². The Balaban J connectivity index is 4.44. The van der Waals surface area contributed by atoms with Gasteiger partial charge in [-0.1, -0.05) is 264 Å². The summed E-state index contributed by atoms with van der Waals surface area (Å²) in [5.74, 6) is -0.954. The molecule has 0 fully saturated rings. The maximum atomic E-state index is 12.9. The maximum absolute atomic E-state index is 12.9. The zero-order valence-electron chi connectivity index (χ0n) is 48.8. The van der Waals surface area contributed by atoms with Crippen LogP contribution in [0.4, 0.5) is 0 Å². The van der Waals surface area contributed by atoms with Gasteiger partial charge in [-0.15, -0.1) is 0 Å². The van der Waals surface area contributed by atoms with E-state index in [2.05, 4.69) is 142 Å². The van der Waals surface area contributed by atoms with Crippen molar-refractivity contribution in [3.05, 3.63) is 122 Å². The van der Waals surface area contributed by atoms with Crippen molar-refractivity contribution in [2.75, 3.05) is 13.2 Å². The van der Waals surface area contributed by atoms with Crippen LogP contribution in [0.5, 0.6) is 0 Å². The minimum absolute atomic E-state index is 0.0978. The second kappa shape index (κ2) is 62.4. The quantitative estimate of drug-likeness (QED) is 0.0261. The minimum Gasteiger partial charge on any atom is -0.462 e. The van der Waals surface area contributed by atoms with Gasteiger partial charge in [0.2, 0.25) is 0 Å². The molecule has 0 N–H and O–H groups in total. The van der Waals surface area contributed by atoms with E-state index in [1.807, 2.05) is 0 Å². The lowest BCUT2D eigenvalue weighted by atomic mass is 10.0. The highest BCUT2D eigenvalue weighted by Gasteiger charge is 2.19. The lowest BCUT2D eigenvalue weighted by molar-refractivity contribution is -0.167. The predicted molar refractivity (Wildman–Crippen MR) is 325 cm³/mol. The van der Waals surface area contributed by atoms with Crippen molar-refractivity contribution in [2.24, 2.45) is 0 Å². The summed E-state index contributed by atoms with van der Waals surface area (Å²) in [6, 6.07) is 0. The first-order valence-electron chi connectivity index (χ1n) is 31.0. The molecule has 75 heavy (non-hydrogen) atoms. The Kier molecular flexibility index (Phi) is 58.9. The highest BCUT2D eigenvalue weighted by atomic mass is 16.6. The molecule has 0 aromatic heterocycles. The SMILES string of the molecule is CC/C=C\C/C=C\C/C=C\C/C=C\C/C=C\C/C=C\C/C=C\C/C=C\CCCCC(=O)OCC(COC(=O)CCCCCCCCCCCCCCCCC)OC(=O)CCCCCCC/C=C\C/C=C\CCCCC. The molecule has 0 bridgehead atoms. The summed E-state index contributed by atoms with van der Waals surface area (Å²) < 4.78 is 16.9. The molecule has 0 aliphatic carbocycles. The first kappa shape index (κ1) is 70.8. The first-order chi connectivity index (χ1) is 37.0. The number of esters is 3. The van der Waals surface area contributed by atoms with Crippen LogP contribution < -0.4 is 0 Å². The smallest absolute Gasteiger partial charge is 0.306 e. The number of ether oxygens (including phenoxy) is 3. The van der Waals surface area contributed by atoms with Crippen LogP contribution in [0, 0.1) is 0 Å². The average Bonchev–Trinajstić information content (AvgIpc) is 3.41. The van der Waals surface area contributed by atoms with Crippen molar-refractivity contribution >= 4 is 17.9 Å². The monoisotopic (exact) mass is 1040 g/mol. The lowest BCUT2D eigenvalue weighted by Crippen LogP contribution is -2.30. The summed E-state index contributed by atoms with van der Waals surface area (Å²) in [5.41, 5.74) is 0. The highest BCUT2D eigenvalue weighted by Crippen LogP contribution is 2.15. The Labute approximate surface area is 462 Å². The third-order valence-electron chi connectivity index (χ3n) is 13.0. The Hall–Kier alpha value is -4.19. The second-order valence-corrected chi connectivity index (χ2v) is 20.2. The second-order valence-electron chi connectivity index (χ2n) is 20.2. The summed E-state index contributed by atoms with van der Waals surface area (Å²) >= 11 is 0. The van der Waals surface area contributed by atoms with E-state index in [9.17, 15) is 14.4 Å². The average molecular weight is 1040 g/mol. The molecule has 0 heterocycles. The summed E-state index contributed by atoms with van der Waals surface area (Å²) in [6.07, 6.45) is 86.2. The van der Waals surface area contributed by atoms with Gasteiger partial charge in [-0.25, -0.2) is 0 Å². The van der Waals surface area contributed by atoms with E-state index in [1.54, 1.807) is 0 Å². The summed E-state index contributed by atoms with van der Waals surface area (Å²) in [6.45, 7) is 6.46. The third kappa shape index (κ3) is 60.6. The normalized spacial score (nSPS) is 12.9. The van der Waals surface area contributed by atoms with Gasteiger partial charge in [-0.05, 0) is 116 Å². The standard InChI is InChI=1S/C69H114O6/c1-4-7-10-13-16-19-22-25-28-29-30-31-32-33-34-35-36-37-38-39-42-44-47-50-53-56-59-62-68(71)74-65-66(75-69(72)63-60-57-54-51-48-45-41-27-24-21-18-15-12-9-6-3)64-73-67(70)61-58-55-52-49-46-43-40-26-23-20-17-14-11-8-5-2/h7,10,16,18-19,21,25,27-28,30-31,33-34,36-37,39,41-42,47,50,66H,4-6,8-9,11-15,17,20,22-24,26,29,32,35,38,40,43-46,48-49,51-65H2,1-3H3/b10-7-,19-16-,21-18-,28-25-,31-30-,34-33-,37-36-,41-27-,42-39-,50-47-. The molecule has 0 radical (unpaired) electrons. The molecule has 0 aliphatic rings. The third-order valence-corrected chi connectivity index (χ3v) is 13.0. The van der Waals surface area contributed by atoms with Gasteiger partial charge in [0.25, 0.3) is 0 Å². The number of carbonyl (C=O) groups is 3. The van der Waals surface area contributed by atoms with Gasteiger partial charge in [0.15, 0.2) is 6.10 Å². The van der Waals surface area contributed by atoms with Gasteiger partial charge >= 0.3 is 17.9 Å². The van der Waals surface area contributed by atoms with Gasteiger partial charge in [0.05, 0.1) is 0 Å². The van der Waals surface area contributed by atoms with Crippen molar-refractivity contribution < 1.29 is 28.6 Å². The molecule has 0 aromatic carbocycles. The molecule has 0 spiro atoms. The first-order valence-corrected chi connectivity index (χ1v) is 31.0. The van der Waals surface area contributed by atoms with E-state index in [1.165, 1.54) is 103 Å². The number of hydrogen-bond donors (Lipinski definition) is 0. The molecule has 1 unspecified atom stereocenters. The molecule has 0 aromatic rings. The molecule has 0 saturated carbocycles. The molecule has 1 atom stereocenters. The zero-order chi connectivity index (χ0) is 54.3. The molecule has 0 amide bonds. The Morgan fingerprint density at radius 1 is 0.280 bits per heavy atom. The van der Waals surface area contributed by atoms with Gasteiger partial charge in [-0.2, -0.15) is 0 Å². The van der Waals surface area contributed by atoms with E-state index in [4.69, 9.17) is 14.2 Å². The van der Waals surface area contributed by atoms with Gasteiger partial charge < -0.3 is 14.2 Å². The Morgan fingerprint density at radius 3 is 0.867 bits per heavy atom. The van der Waals surface area contributed by atoms with Crippen molar-refractivity contribution in [1.29, 1.82) is 0 Å². The van der Waals surface area contributed by atoms with Gasteiger partial charge in [0, 0.05) is 19.3 Å². The number of hydrogen-bond acceptors (Lipinski definition) is 6. The summed E-state index contributed by atoms with van der Waals surface area (Å²) in [7, 11) is 0. The number of allylic oxidation sites excluding steroid dienone is 20. The molecule has 0 aliphatic heterocycles. The minimum atomic E-state index is -0.806. The highest BCUT2D eigenvalue weighted by molar-refractivity contribution is 5.71. The van der Waals surface area contributed by atoms with E-state index >= 15 is 0 Å². The fraction of sp³-hybridized carbons (Fsp3) is 0.667. The van der Waals surface area contributed by atoms with Crippen molar-refractivity contribution in [1.82, 2.24) is 0 Å². The van der Waals surface area contributed by atoms with Crippen molar-refractivity contribution in [3.8, 4) is 0 Å². The summed E-state index contributed by atoms with van der Waals surface area (Å²) in [5, 5.41) is 0. The van der Waals surface area contributed by atoms with Crippen LogP contribution >= 0.6 is 0 Å². The Bertz CT molecular complexity index is 1570. The van der Waals surface area contributed by atoms with Crippen LogP contribution in [-0.2, 0) is 28.6 Å². The molecule has 0 saturated heterocycles. The van der Waals surface area contributed by atoms with Crippen LogP contribution in [0.15, 0.2) is 122 Å². The number of rotatable bonds is 55. The Morgan fingerprint density at radius 2 is 0.520 bits per heavy atom. The predicted octanol–water partition coefficient (Wildman–Crippen LogP) is 21.2. The van der Waals surface area contributed by atoms with Gasteiger partial charge in [0.1, 0.15) is 13.2 Å². The zero-order valence-corrected chi connectivity index (χ0v) is 48.8. The fourth-order valence-corrected chi connectivity index (χ4v) is 8.31. The van der Waals surface area contributed by atoms with E-state index in [0.717, 1.165) is 128 Å². The van der Waals surface area contributed by atoms with Crippen LogP contribution in [0.3, 0.4) is 0 Å². The molecule has 6 nitrogen and oxygen atoms in total. The van der Waals surface area contributed by atoms with Crippen molar-refractivity contribution in [2.45, 2.75) is 284 Å². The van der Waals surface area contributed by atoms with Crippen LogP contribution in [0.2, 0.25) is 0 Å². The van der Waals surface area contributed by atoms with Crippen LogP contribution in [0.1, 0.15) is 278 Å². The molecular formula is C69H114O6. The van der Waals surface area contributed by atoms with E-state index in [0.29, 0.717) is 25.7 Å². The largest absolute Gasteiger partial charge is 0.462 e. The molecule has 426 valence electrons. The van der Waals surface area contributed by atoms with Crippen LogP contribution in [0.25, 0.3) is 0 Å². The fourth-order valence-electron chi connectivity index (χ4n) is 8.31.